The van der Waals surface area contributed by atoms with Crippen LogP contribution in [0.1, 0.15) is 72.9 Å². The first-order valence-electron chi connectivity index (χ1n) is 18.7. The molecule has 0 saturated carbocycles. The van der Waals surface area contributed by atoms with Gasteiger partial charge in [-0.25, -0.2) is 0 Å². The highest BCUT2D eigenvalue weighted by Gasteiger charge is 2.45. The summed E-state index contributed by atoms with van der Waals surface area (Å²) in [4.78, 5) is 58.5. The van der Waals surface area contributed by atoms with Crippen LogP contribution >= 0.6 is 0 Å². The van der Waals surface area contributed by atoms with Crippen LogP contribution in [0.25, 0.3) is 0 Å². The maximum absolute atomic E-state index is 14.3. The maximum Gasteiger partial charge on any atom is 0.270 e. The van der Waals surface area contributed by atoms with Gasteiger partial charge < -0.3 is 20.9 Å². The van der Waals surface area contributed by atoms with Crippen molar-refractivity contribution in [3.8, 4) is 0 Å². The smallest absolute Gasteiger partial charge is 0.270 e. The van der Waals surface area contributed by atoms with Crippen LogP contribution in [0.3, 0.4) is 0 Å². The lowest BCUT2D eigenvalue weighted by Gasteiger charge is -2.36. The number of aromatic nitrogens is 2. The minimum Gasteiger partial charge on any atom is -0.344 e. The second-order valence-electron chi connectivity index (χ2n) is 14.7. The third-order valence-corrected chi connectivity index (χ3v) is 10.6. The summed E-state index contributed by atoms with van der Waals surface area (Å²) in [6.45, 7) is 11.0. The van der Waals surface area contributed by atoms with Crippen molar-refractivity contribution < 1.29 is 19.2 Å². The van der Waals surface area contributed by atoms with Crippen molar-refractivity contribution in [2.75, 3.05) is 31.5 Å². The van der Waals surface area contributed by atoms with Gasteiger partial charge in [-0.3, -0.25) is 28.8 Å². The molecule has 11 heteroatoms. The number of amides is 4. The van der Waals surface area contributed by atoms with E-state index in [0.717, 1.165) is 25.2 Å². The largest absolute Gasteiger partial charge is 0.344 e. The van der Waals surface area contributed by atoms with Gasteiger partial charge in [-0.15, -0.1) is 0 Å². The number of carbonyl (C=O) groups excluding carboxylic acids is 4. The average molecular weight is 718 g/mol. The van der Waals surface area contributed by atoms with E-state index in [0.29, 0.717) is 43.7 Å². The zero-order chi connectivity index (χ0) is 37.5. The monoisotopic (exact) mass is 717 g/mol. The molecular formula is C42H51N7O4. The molecule has 4 amide bonds. The second-order valence-corrected chi connectivity index (χ2v) is 14.7. The Morgan fingerprint density at radius 1 is 0.830 bits per heavy atom. The fraction of sp³-hybridized carbons (Fsp3) is 0.405. The van der Waals surface area contributed by atoms with Gasteiger partial charge in [0.25, 0.3) is 5.91 Å². The Hall–Kier alpha value is -5.29. The topological polar surface area (TPSA) is 129 Å². The fourth-order valence-corrected chi connectivity index (χ4v) is 7.42. The first-order chi connectivity index (χ1) is 25.5. The molecule has 6 rings (SSSR count). The number of anilines is 1. The van der Waals surface area contributed by atoms with Crippen LogP contribution in [0.15, 0.2) is 91.1 Å². The summed E-state index contributed by atoms with van der Waals surface area (Å²) in [6, 6.07) is 26.7. The van der Waals surface area contributed by atoms with Gasteiger partial charge in [0, 0.05) is 63.5 Å². The van der Waals surface area contributed by atoms with E-state index in [4.69, 9.17) is 0 Å². The Morgan fingerprint density at radius 3 is 2.09 bits per heavy atom. The number of piperazine rings is 1. The first kappa shape index (κ1) is 37.5. The average Bonchev–Trinajstić information content (AvgIpc) is 3.85. The minimum absolute atomic E-state index is 0.0274. The zero-order valence-electron chi connectivity index (χ0n) is 31.2. The van der Waals surface area contributed by atoms with Crippen molar-refractivity contribution in [3.05, 3.63) is 119 Å². The number of rotatable bonds is 13. The third kappa shape index (κ3) is 8.85. The van der Waals surface area contributed by atoms with Crippen LogP contribution in [0.5, 0.6) is 0 Å². The number of benzene rings is 3. The van der Waals surface area contributed by atoms with Crippen LogP contribution in [0, 0.1) is 5.92 Å². The van der Waals surface area contributed by atoms with Crippen LogP contribution in [-0.4, -0.2) is 81.0 Å². The number of nitrogens with one attached hydrogen (secondary N) is 3. The van der Waals surface area contributed by atoms with Crippen molar-refractivity contribution in [1.29, 1.82) is 0 Å². The summed E-state index contributed by atoms with van der Waals surface area (Å²) >= 11 is 0. The summed E-state index contributed by atoms with van der Waals surface area (Å²) < 4.78 is 1.66. The molecule has 1 aromatic heterocycles. The van der Waals surface area contributed by atoms with Gasteiger partial charge in [-0.05, 0) is 80.0 Å². The van der Waals surface area contributed by atoms with E-state index >= 15 is 0 Å². The molecule has 1 aliphatic heterocycles. The number of fused-ring (bicyclic) bond motifs is 1. The molecule has 2 atom stereocenters. The van der Waals surface area contributed by atoms with Crippen LogP contribution < -0.4 is 16.0 Å². The van der Waals surface area contributed by atoms with Crippen molar-refractivity contribution in [2.45, 2.75) is 77.5 Å². The molecule has 1 fully saturated rings. The molecule has 0 bridgehead atoms. The van der Waals surface area contributed by atoms with Crippen molar-refractivity contribution in [2.24, 2.45) is 5.92 Å². The predicted molar refractivity (Wildman–Crippen MR) is 205 cm³/mol. The van der Waals surface area contributed by atoms with Gasteiger partial charge in [-0.2, -0.15) is 5.10 Å². The highest BCUT2D eigenvalue weighted by Crippen LogP contribution is 2.35. The van der Waals surface area contributed by atoms with E-state index in [-0.39, 0.29) is 42.0 Å². The second kappa shape index (κ2) is 16.6. The van der Waals surface area contributed by atoms with E-state index in [9.17, 15) is 19.2 Å². The van der Waals surface area contributed by atoms with Gasteiger partial charge in [-0.1, -0.05) is 73.7 Å². The zero-order valence-corrected chi connectivity index (χ0v) is 31.2. The SMILES string of the molecule is CCC(=O)N[C@H](Cc1ccc(NC(=O)[C@](C)(NC(=O)c2ccnn2C(C)C)C2Cc3ccccc3C2)cc1)C(=O)N1CCN(Cc2ccccc2)CC1. The third-order valence-electron chi connectivity index (χ3n) is 10.6. The minimum atomic E-state index is -1.24. The van der Waals surface area contributed by atoms with Crippen molar-refractivity contribution >= 4 is 29.3 Å². The lowest BCUT2D eigenvalue weighted by atomic mass is 9.82. The van der Waals surface area contributed by atoms with Gasteiger partial charge in [0.15, 0.2) is 0 Å². The van der Waals surface area contributed by atoms with Crippen molar-refractivity contribution in [1.82, 2.24) is 30.2 Å². The Kier molecular flexibility index (Phi) is 11.7. The van der Waals surface area contributed by atoms with Crippen LogP contribution in [0.4, 0.5) is 5.69 Å². The summed E-state index contributed by atoms with van der Waals surface area (Å²) in [7, 11) is 0. The Bertz CT molecular complexity index is 1870. The summed E-state index contributed by atoms with van der Waals surface area (Å²) in [5.74, 6) is -1.12. The van der Waals surface area contributed by atoms with Gasteiger partial charge >= 0.3 is 0 Å². The highest BCUT2D eigenvalue weighted by molar-refractivity contribution is 6.03. The molecule has 11 nitrogen and oxygen atoms in total. The molecule has 53 heavy (non-hydrogen) atoms. The van der Waals surface area contributed by atoms with Crippen molar-refractivity contribution in [3.63, 3.8) is 0 Å². The first-order valence-corrected chi connectivity index (χ1v) is 18.7. The van der Waals surface area contributed by atoms with Gasteiger partial charge in [0.1, 0.15) is 17.3 Å². The molecule has 3 N–H and O–H groups in total. The molecule has 1 aliphatic carbocycles. The molecule has 0 radical (unpaired) electrons. The van der Waals surface area contributed by atoms with Crippen LogP contribution in [0.2, 0.25) is 0 Å². The molecule has 2 aliphatic rings. The molecule has 0 spiro atoms. The lowest BCUT2D eigenvalue weighted by Crippen LogP contribution is -2.60. The number of carbonyl (C=O) groups is 4. The van der Waals surface area contributed by atoms with Gasteiger partial charge in [0.05, 0.1) is 0 Å². The molecule has 0 unspecified atom stereocenters. The van der Waals surface area contributed by atoms with E-state index in [2.05, 4.69) is 50.2 Å². The molecular weight excluding hydrogens is 667 g/mol. The van der Waals surface area contributed by atoms with Gasteiger partial charge in [0.2, 0.25) is 17.7 Å². The fourth-order valence-electron chi connectivity index (χ4n) is 7.42. The molecule has 3 aromatic carbocycles. The standard InChI is InChI=1S/C42H51N7O4/c1-5-38(50)45-36(40(52)48-23-21-47(22-24-48)28-31-11-7-6-8-12-31)25-30-15-17-35(18-16-30)44-41(53)42(4,34-26-32-13-9-10-14-33(32)27-34)46-39(51)37-19-20-43-49(37)29(2)3/h6-20,29,34,36H,5,21-28H2,1-4H3,(H,44,53)(H,45,50)(H,46,51)/t36-,42-/m1/s1. The Morgan fingerprint density at radius 2 is 1.47 bits per heavy atom. The predicted octanol–water partition coefficient (Wildman–Crippen LogP) is 4.79. The number of nitrogens with zero attached hydrogens (tertiary/aromatic N) is 4. The quantitative estimate of drug-likeness (QED) is 0.183. The molecule has 4 aromatic rings. The van der Waals surface area contributed by atoms with E-state index in [1.165, 1.54) is 16.7 Å². The van der Waals surface area contributed by atoms with E-state index < -0.39 is 11.6 Å². The summed E-state index contributed by atoms with van der Waals surface area (Å²) in [6.07, 6.45) is 3.51. The summed E-state index contributed by atoms with van der Waals surface area (Å²) in [5.41, 5.74) is 4.17. The molecule has 2 heterocycles. The molecule has 1 saturated heterocycles. The lowest BCUT2D eigenvalue weighted by molar-refractivity contribution is -0.138. The highest BCUT2D eigenvalue weighted by atomic mass is 16.2. The molecule has 278 valence electrons. The maximum atomic E-state index is 14.3. The number of hydrogen-bond acceptors (Lipinski definition) is 6. The number of hydrogen-bond donors (Lipinski definition) is 3. The summed E-state index contributed by atoms with van der Waals surface area (Å²) in [5, 5.41) is 13.4. The normalized spacial score (nSPS) is 16.4. The Labute approximate surface area is 312 Å². The van der Waals surface area contributed by atoms with Crippen LogP contribution in [-0.2, 0) is 40.2 Å². The van der Waals surface area contributed by atoms with E-state index in [1.54, 1.807) is 42.9 Å². The Balaban J connectivity index is 1.13. The van der Waals surface area contributed by atoms with E-state index in [1.807, 2.05) is 61.2 Å².